The summed E-state index contributed by atoms with van der Waals surface area (Å²) in [5.41, 5.74) is 1.64. The summed E-state index contributed by atoms with van der Waals surface area (Å²) in [6, 6.07) is 10.5. The number of benzene rings is 1. The molecule has 1 amide bonds. The molecule has 20 heavy (non-hydrogen) atoms. The lowest BCUT2D eigenvalue weighted by Crippen LogP contribution is -2.24. The fourth-order valence-electron chi connectivity index (χ4n) is 1.90. The van der Waals surface area contributed by atoms with Crippen molar-refractivity contribution in [3.05, 3.63) is 59.9 Å². The molecule has 0 atom stereocenters. The molecule has 0 fully saturated rings. The minimum atomic E-state index is -0.783. The van der Waals surface area contributed by atoms with Gasteiger partial charge in [0.15, 0.2) is 0 Å². The highest BCUT2D eigenvalue weighted by atomic mass is 19.1. The topological polar surface area (TPSA) is 70.7 Å². The van der Waals surface area contributed by atoms with E-state index in [2.05, 4.69) is 20.3 Å². The number of aromatic amines is 1. The van der Waals surface area contributed by atoms with Crippen LogP contribution in [0.3, 0.4) is 0 Å². The second kappa shape index (κ2) is 5.08. The van der Waals surface area contributed by atoms with Crippen molar-refractivity contribution in [2.45, 2.75) is 6.54 Å². The van der Waals surface area contributed by atoms with Crippen molar-refractivity contribution in [2.75, 3.05) is 0 Å². The molecule has 0 saturated heterocycles. The smallest absolute Gasteiger partial charge is 0.256 e. The van der Waals surface area contributed by atoms with E-state index in [1.54, 1.807) is 0 Å². The van der Waals surface area contributed by atoms with Gasteiger partial charge in [-0.25, -0.2) is 9.97 Å². The van der Waals surface area contributed by atoms with Crippen LogP contribution in [0.2, 0.25) is 0 Å². The molecule has 0 aliphatic carbocycles. The van der Waals surface area contributed by atoms with E-state index in [1.807, 2.05) is 24.3 Å². The highest BCUT2D eigenvalue weighted by molar-refractivity contribution is 5.94. The molecule has 5 nitrogen and oxygen atoms in total. The van der Waals surface area contributed by atoms with Crippen LogP contribution in [-0.2, 0) is 6.54 Å². The quantitative estimate of drug-likeness (QED) is 0.715. The maximum absolute atomic E-state index is 13.3. The van der Waals surface area contributed by atoms with Crippen molar-refractivity contribution >= 4 is 16.9 Å². The average molecular weight is 270 g/mol. The number of hydrogen-bond donors (Lipinski definition) is 2. The number of imidazole rings is 1. The van der Waals surface area contributed by atoms with E-state index >= 15 is 0 Å². The van der Waals surface area contributed by atoms with Crippen molar-refractivity contribution in [2.24, 2.45) is 0 Å². The number of carbonyl (C=O) groups is 1. The van der Waals surface area contributed by atoms with Gasteiger partial charge in [0.1, 0.15) is 5.82 Å². The van der Waals surface area contributed by atoms with Crippen LogP contribution in [-0.4, -0.2) is 20.9 Å². The molecule has 6 heteroatoms. The number of hydrogen-bond acceptors (Lipinski definition) is 3. The second-order valence-corrected chi connectivity index (χ2v) is 4.23. The minimum absolute atomic E-state index is 0.0800. The average Bonchev–Trinajstić information content (AvgIpc) is 2.88. The number of para-hydroxylation sites is 2. The van der Waals surface area contributed by atoms with Gasteiger partial charge in [-0.15, -0.1) is 0 Å². The molecule has 0 spiro atoms. The molecular formula is C14H11FN4O. The lowest BCUT2D eigenvalue weighted by molar-refractivity contribution is 0.0945. The zero-order valence-electron chi connectivity index (χ0n) is 10.4. The minimum Gasteiger partial charge on any atom is -0.345 e. The largest absolute Gasteiger partial charge is 0.345 e. The Morgan fingerprint density at radius 3 is 2.90 bits per heavy atom. The zero-order valence-corrected chi connectivity index (χ0v) is 10.4. The molecule has 0 unspecified atom stereocenters. The van der Waals surface area contributed by atoms with Gasteiger partial charge in [0.25, 0.3) is 5.91 Å². The molecular weight excluding hydrogens is 259 g/mol. The van der Waals surface area contributed by atoms with Gasteiger partial charge >= 0.3 is 0 Å². The number of fused-ring (bicyclic) bond motifs is 1. The maximum atomic E-state index is 13.3. The van der Waals surface area contributed by atoms with E-state index in [-0.39, 0.29) is 12.1 Å². The van der Waals surface area contributed by atoms with E-state index in [9.17, 15) is 9.18 Å². The Balaban J connectivity index is 1.73. The van der Waals surface area contributed by atoms with Gasteiger partial charge < -0.3 is 10.3 Å². The van der Waals surface area contributed by atoms with Crippen LogP contribution >= 0.6 is 0 Å². The van der Waals surface area contributed by atoms with Crippen LogP contribution in [0.25, 0.3) is 11.0 Å². The summed E-state index contributed by atoms with van der Waals surface area (Å²) in [4.78, 5) is 22.7. The monoisotopic (exact) mass is 270 g/mol. The molecule has 0 aliphatic rings. The lowest BCUT2D eigenvalue weighted by Gasteiger charge is -2.03. The first-order valence-electron chi connectivity index (χ1n) is 6.06. The summed E-state index contributed by atoms with van der Waals surface area (Å²) in [6.07, 6.45) is 1.30. The van der Waals surface area contributed by atoms with Crippen molar-refractivity contribution < 1.29 is 9.18 Å². The van der Waals surface area contributed by atoms with Crippen molar-refractivity contribution in [3.8, 4) is 0 Å². The first-order chi connectivity index (χ1) is 9.74. The maximum Gasteiger partial charge on any atom is 0.256 e. The third-order valence-corrected chi connectivity index (χ3v) is 2.86. The van der Waals surface area contributed by atoms with Crippen LogP contribution in [0.15, 0.2) is 42.6 Å². The number of aromatic nitrogens is 3. The van der Waals surface area contributed by atoms with E-state index in [4.69, 9.17) is 0 Å². The number of nitrogens with one attached hydrogen (secondary N) is 2. The van der Waals surface area contributed by atoms with E-state index in [0.717, 1.165) is 11.0 Å². The molecule has 0 radical (unpaired) electrons. The highest BCUT2D eigenvalue weighted by Crippen LogP contribution is 2.10. The van der Waals surface area contributed by atoms with Crippen molar-refractivity contribution in [1.29, 1.82) is 0 Å². The summed E-state index contributed by atoms with van der Waals surface area (Å²) < 4.78 is 13.3. The standard InChI is InChI=1S/C14H11FN4O/c15-13-9(4-3-7-16-13)14(20)17-8-12-18-10-5-1-2-6-11(10)19-12/h1-7H,8H2,(H,17,20)(H,18,19). The first-order valence-corrected chi connectivity index (χ1v) is 6.06. The number of H-pyrrole nitrogens is 1. The molecule has 0 aliphatic heterocycles. The summed E-state index contributed by atoms with van der Waals surface area (Å²) >= 11 is 0. The third-order valence-electron chi connectivity index (χ3n) is 2.86. The second-order valence-electron chi connectivity index (χ2n) is 4.23. The number of pyridine rings is 1. The molecule has 100 valence electrons. The van der Waals surface area contributed by atoms with Gasteiger partial charge in [-0.1, -0.05) is 12.1 Å². The fraction of sp³-hybridized carbons (Fsp3) is 0.0714. The lowest BCUT2D eigenvalue weighted by atomic mass is 10.2. The highest BCUT2D eigenvalue weighted by Gasteiger charge is 2.12. The third kappa shape index (κ3) is 2.35. The molecule has 1 aromatic carbocycles. The van der Waals surface area contributed by atoms with E-state index in [0.29, 0.717) is 5.82 Å². The van der Waals surface area contributed by atoms with Gasteiger partial charge in [-0.05, 0) is 24.3 Å². The SMILES string of the molecule is O=C(NCc1nc2ccccc2[nH]1)c1cccnc1F. The van der Waals surface area contributed by atoms with Crippen LogP contribution in [0.5, 0.6) is 0 Å². The summed E-state index contributed by atoms with van der Waals surface area (Å²) in [5, 5.41) is 2.60. The van der Waals surface area contributed by atoms with Crippen LogP contribution in [0.1, 0.15) is 16.2 Å². The summed E-state index contributed by atoms with van der Waals surface area (Å²) in [6.45, 7) is 0.196. The molecule has 0 saturated carbocycles. The molecule has 2 aromatic heterocycles. The predicted molar refractivity (Wildman–Crippen MR) is 71.5 cm³/mol. The Labute approximate surface area is 113 Å². The van der Waals surface area contributed by atoms with Gasteiger partial charge in [0.05, 0.1) is 23.1 Å². The molecule has 0 bridgehead atoms. The van der Waals surface area contributed by atoms with Crippen LogP contribution in [0.4, 0.5) is 4.39 Å². The van der Waals surface area contributed by atoms with Gasteiger partial charge in [0.2, 0.25) is 5.95 Å². The number of halogens is 1. The Bertz CT molecular complexity index is 735. The molecule has 2 N–H and O–H groups in total. The number of carbonyl (C=O) groups excluding carboxylic acids is 1. The Morgan fingerprint density at radius 1 is 1.25 bits per heavy atom. The van der Waals surface area contributed by atoms with E-state index in [1.165, 1.54) is 18.3 Å². The summed E-state index contributed by atoms with van der Waals surface area (Å²) in [5.74, 6) is -0.686. The van der Waals surface area contributed by atoms with Gasteiger partial charge in [-0.3, -0.25) is 4.79 Å². The number of rotatable bonds is 3. The van der Waals surface area contributed by atoms with Gasteiger partial charge in [-0.2, -0.15) is 4.39 Å². The number of nitrogens with zero attached hydrogens (tertiary/aromatic N) is 2. The Kier molecular flexibility index (Phi) is 3.12. The predicted octanol–water partition coefficient (Wildman–Crippen LogP) is 2.03. The van der Waals surface area contributed by atoms with Crippen LogP contribution < -0.4 is 5.32 Å². The molecule has 3 aromatic rings. The Hall–Kier alpha value is -2.76. The first kappa shape index (κ1) is 12.3. The Morgan fingerprint density at radius 2 is 2.10 bits per heavy atom. The molecule has 3 rings (SSSR count). The normalized spacial score (nSPS) is 10.7. The zero-order chi connectivity index (χ0) is 13.9. The van der Waals surface area contributed by atoms with Crippen molar-refractivity contribution in [3.63, 3.8) is 0 Å². The number of amides is 1. The fourth-order valence-corrected chi connectivity index (χ4v) is 1.90. The summed E-state index contributed by atoms with van der Waals surface area (Å²) in [7, 11) is 0. The van der Waals surface area contributed by atoms with Crippen LogP contribution in [0, 0.1) is 5.95 Å². The van der Waals surface area contributed by atoms with E-state index < -0.39 is 11.9 Å². The molecule has 2 heterocycles. The van der Waals surface area contributed by atoms with Gasteiger partial charge in [0, 0.05) is 6.20 Å². The van der Waals surface area contributed by atoms with Crippen molar-refractivity contribution in [1.82, 2.24) is 20.3 Å².